The number of phenols is 2. The first kappa shape index (κ1) is 18.2. The van der Waals surface area contributed by atoms with Crippen molar-refractivity contribution in [2.45, 2.75) is 45.9 Å². The molecule has 0 saturated heterocycles. The Morgan fingerprint density at radius 1 is 1.00 bits per heavy atom. The van der Waals surface area contributed by atoms with Crippen LogP contribution in [0.25, 0.3) is 0 Å². The third-order valence-electron chi connectivity index (χ3n) is 3.56. The summed E-state index contributed by atoms with van der Waals surface area (Å²) in [7, 11) is 0. The van der Waals surface area contributed by atoms with Crippen molar-refractivity contribution in [3.8, 4) is 11.5 Å². The minimum Gasteiger partial charge on any atom is -0.507 e. The molecule has 1 aromatic carbocycles. The molecule has 0 spiro atoms. The first-order valence-corrected chi connectivity index (χ1v) is 6.87. The van der Waals surface area contributed by atoms with Crippen LogP contribution in [-0.4, -0.2) is 43.6 Å². The predicted molar refractivity (Wildman–Crippen MR) is 79.4 cm³/mol. The molecule has 1 aromatic rings. The number of aromatic hydroxyl groups is 2. The second kappa shape index (κ2) is 6.95. The van der Waals surface area contributed by atoms with Gasteiger partial charge in [-0.15, -0.1) is 0 Å². The van der Waals surface area contributed by atoms with E-state index in [9.17, 15) is 25.2 Å². The minimum atomic E-state index is -0.812. The second-order valence-electron chi connectivity index (χ2n) is 5.84. The number of hydrogen-bond donors (Lipinski definition) is 6. The lowest BCUT2D eigenvalue weighted by Crippen LogP contribution is -2.46. The van der Waals surface area contributed by atoms with Crippen LogP contribution < -0.4 is 5.32 Å². The van der Waals surface area contributed by atoms with Gasteiger partial charge in [-0.1, -0.05) is 0 Å². The van der Waals surface area contributed by atoms with Gasteiger partial charge < -0.3 is 30.8 Å². The lowest BCUT2D eigenvalue weighted by atomic mass is 9.94. The van der Waals surface area contributed by atoms with Crippen LogP contribution >= 0.6 is 0 Å². The van der Waals surface area contributed by atoms with Gasteiger partial charge in [0.2, 0.25) is 5.91 Å². The minimum absolute atomic E-state index is 0.00480. The monoisotopic (exact) mass is 313 g/mol. The molecule has 22 heavy (non-hydrogen) atoms. The standard InChI is InChI=1S/C15H23NO6/c1-8-9(4-12(20)16-15(2,3)7-19)14(22)11(6-18)10(5-17)13(8)21/h17-19,21-22H,4-7H2,1-3H3,(H,16,20). The number of aliphatic hydroxyl groups is 3. The highest BCUT2D eigenvalue weighted by Crippen LogP contribution is 2.37. The third kappa shape index (κ3) is 3.68. The normalized spacial score (nSPS) is 11.5. The topological polar surface area (TPSA) is 130 Å². The van der Waals surface area contributed by atoms with Crippen molar-refractivity contribution in [2.75, 3.05) is 6.61 Å². The number of nitrogens with one attached hydrogen (secondary N) is 1. The van der Waals surface area contributed by atoms with E-state index in [2.05, 4.69) is 5.32 Å². The van der Waals surface area contributed by atoms with Crippen LogP contribution in [0.5, 0.6) is 11.5 Å². The fourth-order valence-electron chi connectivity index (χ4n) is 2.19. The van der Waals surface area contributed by atoms with Gasteiger partial charge in [-0.3, -0.25) is 4.79 Å². The Morgan fingerprint density at radius 3 is 1.95 bits per heavy atom. The quantitative estimate of drug-likeness (QED) is 0.404. The molecule has 1 rings (SSSR count). The van der Waals surface area contributed by atoms with E-state index in [1.807, 2.05) is 0 Å². The van der Waals surface area contributed by atoms with Gasteiger partial charge >= 0.3 is 0 Å². The van der Waals surface area contributed by atoms with Crippen LogP contribution in [0.4, 0.5) is 0 Å². The van der Waals surface area contributed by atoms with Crippen LogP contribution in [0.1, 0.15) is 36.1 Å². The van der Waals surface area contributed by atoms with Crippen molar-refractivity contribution in [2.24, 2.45) is 0 Å². The Bertz CT molecular complexity index is 568. The largest absolute Gasteiger partial charge is 0.507 e. The molecule has 0 radical (unpaired) electrons. The van der Waals surface area contributed by atoms with Gasteiger partial charge in [0, 0.05) is 16.7 Å². The number of carbonyl (C=O) groups is 1. The van der Waals surface area contributed by atoms with Crippen LogP contribution in [0.2, 0.25) is 0 Å². The molecule has 0 atom stereocenters. The van der Waals surface area contributed by atoms with Crippen LogP contribution in [0.3, 0.4) is 0 Å². The van der Waals surface area contributed by atoms with Crippen molar-refractivity contribution in [3.63, 3.8) is 0 Å². The van der Waals surface area contributed by atoms with E-state index < -0.39 is 24.7 Å². The average Bonchev–Trinajstić information content (AvgIpc) is 2.46. The summed E-state index contributed by atoms with van der Waals surface area (Å²) >= 11 is 0. The van der Waals surface area contributed by atoms with Gasteiger partial charge in [0.1, 0.15) is 11.5 Å². The molecular formula is C15H23NO6. The summed E-state index contributed by atoms with van der Waals surface area (Å²) in [6.07, 6.45) is -0.229. The van der Waals surface area contributed by atoms with Gasteiger partial charge in [0.25, 0.3) is 0 Å². The summed E-state index contributed by atoms with van der Waals surface area (Å²) in [6.45, 7) is 3.42. The first-order chi connectivity index (χ1) is 10.2. The highest BCUT2D eigenvalue weighted by Gasteiger charge is 2.24. The van der Waals surface area contributed by atoms with E-state index in [-0.39, 0.29) is 46.8 Å². The van der Waals surface area contributed by atoms with Crippen LogP contribution in [0, 0.1) is 6.92 Å². The number of aliphatic hydroxyl groups excluding tert-OH is 3. The molecule has 0 saturated carbocycles. The summed E-state index contributed by atoms with van der Waals surface area (Å²) in [5.74, 6) is -1.02. The third-order valence-corrected chi connectivity index (χ3v) is 3.56. The van der Waals surface area contributed by atoms with E-state index in [0.29, 0.717) is 0 Å². The van der Waals surface area contributed by atoms with Crippen molar-refractivity contribution in [1.29, 1.82) is 0 Å². The molecule has 7 heteroatoms. The average molecular weight is 313 g/mol. The van der Waals surface area contributed by atoms with Crippen LogP contribution in [0.15, 0.2) is 0 Å². The molecule has 124 valence electrons. The van der Waals surface area contributed by atoms with Crippen molar-refractivity contribution in [3.05, 3.63) is 22.3 Å². The Morgan fingerprint density at radius 2 is 1.50 bits per heavy atom. The Labute approximate surface area is 128 Å². The predicted octanol–water partition coefficient (Wildman–Crippen LogP) is -0.180. The van der Waals surface area contributed by atoms with Gasteiger partial charge in [0.05, 0.1) is 31.8 Å². The SMILES string of the molecule is Cc1c(O)c(CO)c(CO)c(O)c1CC(=O)NC(C)(C)CO. The molecule has 0 aliphatic heterocycles. The Balaban J connectivity index is 3.21. The molecule has 0 bridgehead atoms. The van der Waals surface area contributed by atoms with Crippen molar-refractivity contribution in [1.82, 2.24) is 5.32 Å². The lowest BCUT2D eigenvalue weighted by molar-refractivity contribution is -0.122. The lowest BCUT2D eigenvalue weighted by Gasteiger charge is -2.24. The highest BCUT2D eigenvalue weighted by molar-refractivity contribution is 5.81. The molecule has 0 fully saturated rings. The zero-order valence-corrected chi connectivity index (χ0v) is 13.0. The van der Waals surface area contributed by atoms with Gasteiger partial charge in [-0.05, 0) is 26.3 Å². The number of benzene rings is 1. The van der Waals surface area contributed by atoms with E-state index in [1.54, 1.807) is 13.8 Å². The van der Waals surface area contributed by atoms with Gasteiger partial charge in [-0.25, -0.2) is 0 Å². The number of carbonyl (C=O) groups excluding carboxylic acids is 1. The summed E-state index contributed by atoms with van der Waals surface area (Å²) in [6, 6.07) is 0. The second-order valence-corrected chi connectivity index (χ2v) is 5.84. The summed E-state index contributed by atoms with van der Waals surface area (Å²) in [4.78, 5) is 12.0. The zero-order chi connectivity index (χ0) is 17.1. The number of amides is 1. The maximum Gasteiger partial charge on any atom is 0.225 e. The van der Waals surface area contributed by atoms with Gasteiger partial charge in [0.15, 0.2) is 0 Å². The maximum absolute atomic E-state index is 12.0. The maximum atomic E-state index is 12.0. The summed E-state index contributed by atoms with van der Waals surface area (Å²) in [5.41, 5.74) is -0.346. The van der Waals surface area contributed by atoms with Crippen molar-refractivity contribution >= 4 is 5.91 Å². The highest BCUT2D eigenvalue weighted by atomic mass is 16.3. The molecule has 7 nitrogen and oxygen atoms in total. The Kier molecular flexibility index (Phi) is 5.76. The van der Waals surface area contributed by atoms with Crippen LogP contribution in [-0.2, 0) is 24.4 Å². The first-order valence-electron chi connectivity index (χ1n) is 6.87. The smallest absolute Gasteiger partial charge is 0.225 e. The zero-order valence-electron chi connectivity index (χ0n) is 13.0. The summed E-state index contributed by atoms with van der Waals surface area (Å²) < 4.78 is 0. The molecule has 6 N–H and O–H groups in total. The summed E-state index contributed by atoms with van der Waals surface area (Å²) in [5, 5.41) is 50.6. The molecule has 1 amide bonds. The molecule has 0 aliphatic carbocycles. The fourth-order valence-corrected chi connectivity index (χ4v) is 2.19. The van der Waals surface area contributed by atoms with Crippen molar-refractivity contribution < 1.29 is 30.3 Å². The molecule has 0 heterocycles. The van der Waals surface area contributed by atoms with E-state index in [4.69, 9.17) is 5.11 Å². The van der Waals surface area contributed by atoms with E-state index in [0.717, 1.165) is 0 Å². The molecule has 0 aromatic heterocycles. The number of rotatable bonds is 6. The Hall–Kier alpha value is -1.83. The molecule has 0 unspecified atom stereocenters. The van der Waals surface area contributed by atoms with Gasteiger partial charge in [-0.2, -0.15) is 0 Å². The molecular weight excluding hydrogens is 290 g/mol. The van der Waals surface area contributed by atoms with E-state index in [1.165, 1.54) is 6.92 Å². The fraction of sp³-hybridized carbons (Fsp3) is 0.533. The number of hydrogen-bond acceptors (Lipinski definition) is 6. The molecule has 0 aliphatic rings. The van der Waals surface area contributed by atoms with E-state index >= 15 is 0 Å².